The molecule has 2 aliphatic rings. The largest absolute Gasteiger partial charge is 0.491 e. The van der Waals surface area contributed by atoms with Gasteiger partial charge in [0.1, 0.15) is 36.9 Å². The topological polar surface area (TPSA) is 43.5 Å². The van der Waals surface area contributed by atoms with E-state index in [1.807, 2.05) is 0 Å². The number of ether oxygens (including phenoxy) is 4. The molecule has 4 nitrogen and oxygen atoms in total. The van der Waals surface area contributed by atoms with Gasteiger partial charge in [-0.25, -0.2) is 0 Å². The van der Waals surface area contributed by atoms with Crippen molar-refractivity contribution in [2.75, 3.05) is 26.4 Å². The lowest BCUT2D eigenvalue weighted by Crippen LogP contribution is -2.24. The van der Waals surface area contributed by atoms with E-state index in [9.17, 15) is 0 Å². The Morgan fingerprint density at radius 1 is 0.765 bits per heavy atom. The third-order valence-electron chi connectivity index (χ3n) is 6.65. The maximum absolute atomic E-state index is 6.45. The van der Waals surface area contributed by atoms with Crippen molar-refractivity contribution in [3.8, 4) is 11.5 Å². The van der Waals surface area contributed by atoms with Gasteiger partial charge < -0.3 is 18.9 Å². The third-order valence-corrected chi connectivity index (χ3v) is 6.65. The van der Waals surface area contributed by atoms with E-state index in [0.29, 0.717) is 13.2 Å². The Morgan fingerprint density at radius 3 is 1.82 bits per heavy atom. The van der Waals surface area contributed by atoms with Crippen molar-refractivity contribution < 1.29 is 18.9 Å². The average molecular weight is 467 g/mol. The van der Waals surface area contributed by atoms with Gasteiger partial charge in [-0.3, -0.25) is 0 Å². The van der Waals surface area contributed by atoms with Crippen molar-refractivity contribution in [1.82, 2.24) is 0 Å². The maximum atomic E-state index is 6.45. The molecule has 4 heteroatoms. The minimum Gasteiger partial charge on any atom is -0.491 e. The summed E-state index contributed by atoms with van der Waals surface area (Å²) < 4.78 is 23.0. The van der Waals surface area contributed by atoms with E-state index >= 15 is 0 Å². The first kappa shape index (κ1) is 25.1. The van der Waals surface area contributed by atoms with E-state index in [0.717, 1.165) is 31.1 Å². The van der Waals surface area contributed by atoms with Gasteiger partial charge in [0.05, 0.1) is 13.2 Å². The summed E-state index contributed by atoms with van der Waals surface area (Å²) in [5.74, 6) is 1.94. The van der Waals surface area contributed by atoms with Crippen LogP contribution in [0.3, 0.4) is 0 Å². The van der Waals surface area contributed by atoms with Gasteiger partial charge in [0.15, 0.2) is 0 Å². The van der Waals surface area contributed by atoms with Crippen molar-refractivity contribution in [3.63, 3.8) is 0 Å². The molecular weight excluding hydrogens is 424 g/mol. The van der Waals surface area contributed by atoms with Crippen LogP contribution in [0.15, 0.2) is 36.4 Å². The summed E-state index contributed by atoms with van der Waals surface area (Å²) in [6, 6.07) is 13.3. The Labute approximate surface area is 205 Å². The number of hydrogen-bond acceptors (Lipinski definition) is 4. The van der Waals surface area contributed by atoms with Crippen molar-refractivity contribution >= 4 is 0 Å². The van der Waals surface area contributed by atoms with E-state index in [2.05, 4.69) is 91.8 Å². The Bertz CT molecular complexity index is 984. The van der Waals surface area contributed by atoms with Gasteiger partial charge in [-0.1, -0.05) is 79.7 Å². The van der Waals surface area contributed by atoms with Crippen LogP contribution in [0.4, 0.5) is 0 Å². The summed E-state index contributed by atoms with van der Waals surface area (Å²) in [6.07, 6.45) is 1.45. The fraction of sp³-hybridized carbons (Fsp3) is 0.600. The standard InChI is InChI=1S/C30H42O4/c1-28(2,3)15-20-13-22(14-26(29(4,5)6)27(20)34-19-25-18-33-25)30(7,8)21-9-11-23(12-10-21)31-16-24-17-32-24/h9-14,24-25H,15-19H2,1-8H3. The van der Waals surface area contributed by atoms with Crippen molar-refractivity contribution in [2.24, 2.45) is 5.41 Å². The molecule has 2 aliphatic heterocycles. The van der Waals surface area contributed by atoms with Gasteiger partial charge in [0.2, 0.25) is 0 Å². The molecular formula is C30H42O4. The van der Waals surface area contributed by atoms with Crippen molar-refractivity contribution in [2.45, 2.75) is 84.8 Å². The van der Waals surface area contributed by atoms with Crippen LogP contribution >= 0.6 is 0 Å². The van der Waals surface area contributed by atoms with Crippen LogP contribution in [0.1, 0.15) is 77.6 Å². The summed E-state index contributed by atoms with van der Waals surface area (Å²) in [7, 11) is 0. The second-order valence-electron chi connectivity index (χ2n) is 12.7. The maximum Gasteiger partial charge on any atom is 0.126 e. The molecule has 2 unspecified atom stereocenters. The first-order valence-corrected chi connectivity index (χ1v) is 12.6. The average Bonchev–Trinajstić information content (AvgIpc) is 3.64. The Kier molecular flexibility index (Phi) is 6.78. The highest BCUT2D eigenvalue weighted by atomic mass is 16.6. The Balaban J connectivity index is 1.70. The highest BCUT2D eigenvalue weighted by Gasteiger charge is 2.32. The number of epoxide rings is 2. The van der Waals surface area contributed by atoms with E-state index in [1.54, 1.807) is 0 Å². The first-order chi connectivity index (χ1) is 15.8. The first-order valence-electron chi connectivity index (χ1n) is 12.6. The molecule has 2 aromatic rings. The Hall–Kier alpha value is -2.04. The van der Waals surface area contributed by atoms with E-state index in [-0.39, 0.29) is 28.5 Å². The van der Waals surface area contributed by atoms with Crippen LogP contribution in [0, 0.1) is 5.41 Å². The van der Waals surface area contributed by atoms with Crippen molar-refractivity contribution in [1.29, 1.82) is 0 Å². The summed E-state index contributed by atoms with van der Waals surface area (Å²) in [4.78, 5) is 0. The Morgan fingerprint density at radius 2 is 1.32 bits per heavy atom. The molecule has 2 aromatic carbocycles. The summed E-state index contributed by atoms with van der Waals surface area (Å²) in [6.45, 7) is 21.2. The zero-order valence-corrected chi connectivity index (χ0v) is 22.3. The molecule has 186 valence electrons. The van der Waals surface area contributed by atoms with Crippen LogP contribution in [0.25, 0.3) is 0 Å². The molecule has 0 spiro atoms. The molecule has 2 atom stereocenters. The quantitative estimate of drug-likeness (QED) is 0.398. The zero-order chi connectivity index (χ0) is 24.7. The molecule has 2 saturated heterocycles. The fourth-order valence-corrected chi connectivity index (χ4v) is 4.31. The predicted octanol–water partition coefficient (Wildman–Crippen LogP) is 6.45. The second kappa shape index (κ2) is 9.20. The molecule has 2 heterocycles. The molecule has 0 aliphatic carbocycles. The van der Waals surface area contributed by atoms with Gasteiger partial charge in [0.25, 0.3) is 0 Å². The zero-order valence-electron chi connectivity index (χ0n) is 22.3. The summed E-state index contributed by atoms with van der Waals surface area (Å²) in [5, 5.41) is 0. The minimum absolute atomic E-state index is 0.0406. The monoisotopic (exact) mass is 466 g/mol. The lowest BCUT2D eigenvalue weighted by atomic mass is 9.73. The third kappa shape index (κ3) is 6.34. The molecule has 4 rings (SSSR count). The van der Waals surface area contributed by atoms with E-state index in [1.165, 1.54) is 22.3 Å². The number of benzene rings is 2. The fourth-order valence-electron chi connectivity index (χ4n) is 4.31. The summed E-state index contributed by atoms with van der Waals surface area (Å²) >= 11 is 0. The molecule has 2 fully saturated rings. The van der Waals surface area contributed by atoms with E-state index in [4.69, 9.17) is 18.9 Å². The van der Waals surface area contributed by atoms with Gasteiger partial charge in [-0.2, -0.15) is 0 Å². The molecule has 0 aromatic heterocycles. The van der Waals surface area contributed by atoms with Crippen LogP contribution in [0.2, 0.25) is 0 Å². The van der Waals surface area contributed by atoms with Crippen LogP contribution < -0.4 is 9.47 Å². The lowest BCUT2D eigenvalue weighted by Gasteiger charge is -2.33. The van der Waals surface area contributed by atoms with Crippen LogP contribution in [-0.2, 0) is 26.7 Å². The number of hydrogen-bond donors (Lipinski definition) is 0. The lowest BCUT2D eigenvalue weighted by molar-refractivity contribution is 0.253. The predicted molar refractivity (Wildman–Crippen MR) is 137 cm³/mol. The SMILES string of the molecule is CC(C)(C)Cc1cc(C(C)(C)c2ccc(OCC3CO3)cc2)cc(C(C)(C)C)c1OCC1CO1. The van der Waals surface area contributed by atoms with Crippen LogP contribution in [-0.4, -0.2) is 38.6 Å². The molecule has 0 bridgehead atoms. The van der Waals surface area contributed by atoms with Gasteiger partial charge in [-0.05, 0) is 46.1 Å². The van der Waals surface area contributed by atoms with Gasteiger partial charge >= 0.3 is 0 Å². The normalized spacial score (nSPS) is 20.2. The molecule has 34 heavy (non-hydrogen) atoms. The second-order valence-corrected chi connectivity index (χ2v) is 12.7. The smallest absolute Gasteiger partial charge is 0.126 e. The van der Waals surface area contributed by atoms with Crippen molar-refractivity contribution in [3.05, 3.63) is 58.7 Å². The van der Waals surface area contributed by atoms with Gasteiger partial charge in [0, 0.05) is 11.0 Å². The minimum atomic E-state index is -0.164. The highest BCUT2D eigenvalue weighted by Crippen LogP contribution is 2.43. The van der Waals surface area contributed by atoms with E-state index < -0.39 is 0 Å². The molecule has 0 amide bonds. The van der Waals surface area contributed by atoms with Crippen LogP contribution in [0.5, 0.6) is 11.5 Å². The molecule has 0 radical (unpaired) electrons. The summed E-state index contributed by atoms with van der Waals surface area (Å²) in [5.41, 5.74) is 5.08. The highest BCUT2D eigenvalue weighted by molar-refractivity contribution is 5.52. The number of rotatable bonds is 9. The molecule has 0 saturated carbocycles. The molecule has 0 N–H and O–H groups in total. The van der Waals surface area contributed by atoms with Gasteiger partial charge in [-0.15, -0.1) is 0 Å².